The van der Waals surface area contributed by atoms with Gasteiger partial charge < -0.3 is 15.1 Å². The second-order valence-corrected chi connectivity index (χ2v) is 13.1. The summed E-state index contributed by atoms with van der Waals surface area (Å²) >= 11 is 8.31. The Morgan fingerprint density at radius 3 is 2.57 bits per heavy atom. The number of halogens is 1. The van der Waals surface area contributed by atoms with Crippen molar-refractivity contribution in [2.24, 2.45) is 11.8 Å². The van der Waals surface area contributed by atoms with Gasteiger partial charge in [0.25, 0.3) is 5.91 Å². The van der Waals surface area contributed by atoms with E-state index >= 15 is 0 Å². The lowest BCUT2D eigenvalue weighted by Crippen LogP contribution is -2.40. The normalized spacial score (nSPS) is 19.5. The number of allylic oxidation sites excluding steroid dienone is 1. The van der Waals surface area contributed by atoms with Gasteiger partial charge in [-0.3, -0.25) is 9.59 Å². The van der Waals surface area contributed by atoms with Crippen LogP contribution in [0.1, 0.15) is 52.7 Å². The zero-order valence-electron chi connectivity index (χ0n) is 23.9. The van der Waals surface area contributed by atoms with Gasteiger partial charge in [0.05, 0.1) is 12.2 Å². The number of carbonyl (C=O) groups excluding carboxylic acids is 2. The van der Waals surface area contributed by atoms with Gasteiger partial charge in [0.15, 0.2) is 0 Å². The van der Waals surface area contributed by atoms with Gasteiger partial charge in [-0.15, -0.1) is 11.8 Å². The number of anilines is 1. The van der Waals surface area contributed by atoms with Crippen molar-refractivity contribution in [3.63, 3.8) is 0 Å². The molecule has 1 unspecified atom stereocenters. The molecule has 0 spiro atoms. The molecule has 0 aromatic heterocycles. The standard InChI is InChI=1S/C35H38ClN3O2S/c36-32-9-5-4-8-29(32)23-39-33-21-28(10-11-30(33)31-24-42-19-14-27(31)22-34(39)40)35(41)37-15-18-38-16-12-26(13-17-38)20-25-6-2-1-3-7-25/h1-11,21,24,26-27H,12-20,22-23H2,(H,37,41). The van der Waals surface area contributed by atoms with E-state index in [2.05, 4.69) is 46.0 Å². The van der Waals surface area contributed by atoms with E-state index in [0.717, 1.165) is 61.0 Å². The van der Waals surface area contributed by atoms with Gasteiger partial charge in [-0.05, 0) is 96.7 Å². The molecule has 218 valence electrons. The van der Waals surface area contributed by atoms with E-state index in [1.807, 2.05) is 47.4 Å². The lowest BCUT2D eigenvalue weighted by atomic mass is 9.89. The van der Waals surface area contributed by atoms with Crippen LogP contribution in [0, 0.1) is 11.8 Å². The topological polar surface area (TPSA) is 52.7 Å². The van der Waals surface area contributed by atoms with Gasteiger partial charge in [0.2, 0.25) is 5.91 Å². The Hall–Kier alpha value is -3.06. The third-order valence-corrected chi connectivity index (χ3v) is 10.2. The Bertz CT molecular complexity index is 1450. The maximum atomic E-state index is 13.6. The first kappa shape index (κ1) is 29.0. The summed E-state index contributed by atoms with van der Waals surface area (Å²) in [7, 11) is 0. The second-order valence-electron chi connectivity index (χ2n) is 11.7. The molecule has 3 aliphatic rings. The molecule has 0 aliphatic carbocycles. The minimum atomic E-state index is -0.102. The molecule has 3 aromatic carbocycles. The Balaban J connectivity index is 1.12. The van der Waals surface area contributed by atoms with Crippen LogP contribution >= 0.6 is 23.4 Å². The first-order valence-electron chi connectivity index (χ1n) is 15.1. The minimum absolute atomic E-state index is 0.0738. The molecular formula is C35H38ClN3O2S. The molecule has 6 rings (SSSR count). The van der Waals surface area contributed by atoms with Crippen LogP contribution in [0.3, 0.4) is 0 Å². The SMILES string of the molecule is O=C(NCCN1CCC(Cc2ccccc2)CC1)c1ccc2c(c1)N(Cc1ccccc1Cl)C(=O)CC1CCSC=C21. The quantitative estimate of drug-likeness (QED) is 0.301. The number of likely N-dealkylation sites (tertiary alicyclic amines) is 1. The molecule has 42 heavy (non-hydrogen) atoms. The number of piperidine rings is 1. The number of benzene rings is 3. The van der Waals surface area contributed by atoms with Crippen molar-refractivity contribution in [2.45, 2.75) is 38.6 Å². The summed E-state index contributed by atoms with van der Waals surface area (Å²) in [6.07, 6.45) is 4.98. The zero-order valence-corrected chi connectivity index (χ0v) is 25.5. The first-order valence-corrected chi connectivity index (χ1v) is 16.5. The highest BCUT2D eigenvalue weighted by Crippen LogP contribution is 2.44. The Kier molecular flexibility index (Phi) is 9.33. The summed E-state index contributed by atoms with van der Waals surface area (Å²) in [6, 6.07) is 24.3. The van der Waals surface area contributed by atoms with Crippen LogP contribution < -0.4 is 10.2 Å². The molecule has 0 saturated carbocycles. The summed E-state index contributed by atoms with van der Waals surface area (Å²) in [5.41, 5.74) is 5.94. The predicted molar refractivity (Wildman–Crippen MR) is 174 cm³/mol. The van der Waals surface area contributed by atoms with Crippen molar-refractivity contribution in [1.82, 2.24) is 10.2 Å². The molecule has 2 amide bonds. The molecule has 1 fully saturated rings. The second kappa shape index (κ2) is 13.5. The highest BCUT2D eigenvalue weighted by atomic mass is 35.5. The van der Waals surface area contributed by atoms with E-state index in [-0.39, 0.29) is 17.7 Å². The number of amides is 2. The molecule has 0 bridgehead atoms. The fourth-order valence-electron chi connectivity index (χ4n) is 6.46. The van der Waals surface area contributed by atoms with E-state index in [1.165, 1.54) is 24.0 Å². The Morgan fingerprint density at radius 2 is 1.76 bits per heavy atom. The number of hydrogen-bond donors (Lipinski definition) is 1. The van der Waals surface area contributed by atoms with Gasteiger partial charge in [0, 0.05) is 35.7 Å². The molecular weight excluding hydrogens is 562 g/mol. The van der Waals surface area contributed by atoms with E-state index < -0.39 is 0 Å². The zero-order chi connectivity index (χ0) is 28.9. The maximum absolute atomic E-state index is 13.6. The van der Waals surface area contributed by atoms with E-state index in [0.29, 0.717) is 30.1 Å². The number of nitrogens with one attached hydrogen (secondary N) is 1. The molecule has 1 saturated heterocycles. The van der Waals surface area contributed by atoms with E-state index in [9.17, 15) is 9.59 Å². The largest absolute Gasteiger partial charge is 0.351 e. The minimum Gasteiger partial charge on any atom is -0.351 e. The number of rotatable bonds is 8. The first-order chi connectivity index (χ1) is 20.5. The maximum Gasteiger partial charge on any atom is 0.251 e. The highest BCUT2D eigenvalue weighted by Gasteiger charge is 2.33. The molecule has 1 N–H and O–H groups in total. The van der Waals surface area contributed by atoms with Crippen LogP contribution in [-0.4, -0.2) is 48.6 Å². The number of nitrogens with zero attached hydrogens (tertiary/aromatic N) is 2. The van der Waals surface area contributed by atoms with E-state index in [4.69, 9.17) is 11.6 Å². The molecule has 3 aromatic rings. The molecule has 3 aliphatic heterocycles. The average Bonchev–Trinajstić information content (AvgIpc) is 3.13. The predicted octanol–water partition coefficient (Wildman–Crippen LogP) is 7.06. The van der Waals surface area contributed by atoms with Gasteiger partial charge in [-0.1, -0.05) is 66.2 Å². The summed E-state index contributed by atoms with van der Waals surface area (Å²) < 4.78 is 0. The highest BCUT2D eigenvalue weighted by molar-refractivity contribution is 8.02. The van der Waals surface area contributed by atoms with Crippen LogP contribution in [0.4, 0.5) is 5.69 Å². The summed E-state index contributed by atoms with van der Waals surface area (Å²) in [5.74, 6) is 1.92. The lowest BCUT2D eigenvalue weighted by molar-refractivity contribution is -0.119. The monoisotopic (exact) mass is 599 g/mol. The van der Waals surface area contributed by atoms with Crippen molar-refractivity contribution in [3.05, 3.63) is 105 Å². The third kappa shape index (κ3) is 6.77. The Morgan fingerprint density at radius 1 is 0.976 bits per heavy atom. The molecule has 3 heterocycles. The van der Waals surface area contributed by atoms with Crippen molar-refractivity contribution in [1.29, 1.82) is 0 Å². The van der Waals surface area contributed by atoms with Crippen LogP contribution in [0.5, 0.6) is 0 Å². The van der Waals surface area contributed by atoms with Crippen LogP contribution in [-0.2, 0) is 17.8 Å². The van der Waals surface area contributed by atoms with Crippen LogP contribution in [0.2, 0.25) is 5.02 Å². The van der Waals surface area contributed by atoms with E-state index in [1.54, 1.807) is 11.8 Å². The molecule has 5 nitrogen and oxygen atoms in total. The van der Waals surface area contributed by atoms with Crippen molar-refractivity contribution >= 4 is 46.4 Å². The van der Waals surface area contributed by atoms with Crippen molar-refractivity contribution < 1.29 is 9.59 Å². The average molecular weight is 600 g/mol. The van der Waals surface area contributed by atoms with Crippen LogP contribution in [0.15, 0.2) is 78.2 Å². The fourth-order valence-corrected chi connectivity index (χ4v) is 7.70. The van der Waals surface area contributed by atoms with Gasteiger partial charge in [0.1, 0.15) is 0 Å². The van der Waals surface area contributed by atoms with Gasteiger partial charge in [-0.25, -0.2) is 0 Å². The van der Waals surface area contributed by atoms with Crippen molar-refractivity contribution in [3.8, 4) is 0 Å². The van der Waals surface area contributed by atoms with Gasteiger partial charge >= 0.3 is 0 Å². The summed E-state index contributed by atoms with van der Waals surface area (Å²) in [6.45, 7) is 3.96. The summed E-state index contributed by atoms with van der Waals surface area (Å²) in [5, 5.41) is 5.99. The van der Waals surface area contributed by atoms with Crippen molar-refractivity contribution in [2.75, 3.05) is 36.8 Å². The smallest absolute Gasteiger partial charge is 0.251 e. The lowest BCUT2D eigenvalue weighted by Gasteiger charge is -2.32. The fraction of sp³-hybridized carbons (Fsp3) is 0.371. The number of hydrogen-bond acceptors (Lipinski definition) is 4. The molecule has 0 radical (unpaired) electrons. The van der Waals surface area contributed by atoms with Crippen LogP contribution in [0.25, 0.3) is 5.57 Å². The molecule has 1 atom stereocenters. The third-order valence-electron chi connectivity index (χ3n) is 8.89. The molecule has 7 heteroatoms. The number of carbonyl (C=O) groups is 2. The number of fused-ring (bicyclic) bond motifs is 3. The Labute approximate surface area is 258 Å². The summed E-state index contributed by atoms with van der Waals surface area (Å²) in [4.78, 5) is 31.3. The number of thioether (sulfide) groups is 1. The van der Waals surface area contributed by atoms with Gasteiger partial charge in [-0.2, -0.15) is 0 Å².